The second-order valence-corrected chi connectivity index (χ2v) is 17.4. The molecule has 0 aliphatic heterocycles. The predicted molar refractivity (Wildman–Crippen MR) is 282 cm³/mol. The number of rotatable bonds is 12. The van der Waals surface area contributed by atoms with Crippen molar-refractivity contribution < 1.29 is 43.8 Å². The number of nitrogens with one attached hydrogen (secondary N) is 4. The molecule has 0 spiro atoms. The molecule has 8 nitrogen and oxygen atoms in total. The monoisotopic (exact) mass is 1020 g/mol. The smallest absolute Gasteiger partial charge is 0.872 e. The summed E-state index contributed by atoms with van der Waals surface area (Å²) < 4.78 is 0. The summed E-state index contributed by atoms with van der Waals surface area (Å²) in [5.74, 6) is -0.816. The number of hydrogen-bond donors (Lipinski definition) is 4. The molecule has 4 atom stereocenters. The minimum absolute atomic E-state index is 0. The average Bonchev–Trinajstić information content (AvgIpc) is 3.36. The van der Waals surface area contributed by atoms with Crippen LogP contribution in [0.3, 0.4) is 0 Å². The van der Waals surface area contributed by atoms with E-state index in [-0.39, 0.29) is 57.7 Å². The van der Waals surface area contributed by atoms with Gasteiger partial charge in [0.25, 0.3) is 0 Å². The molecule has 0 aliphatic rings. The first-order chi connectivity index (χ1) is 32.9. The Labute approximate surface area is 434 Å². The van der Waals surface area contributed by atoms with Gasteiger partial charge in [-0.3, -0.25) is 9.97 Å². The minimum atomic E-state index is -0.408. The van der Waals surface area contributed by atoms with Crippen LogP contribution in [0.5, 0.6) is 11.5 Å². The predicted octanol–water partition coefficient (Wildman–Crippen LogP) is 14.2. The first kappa shape index (κ1) is 54.1. The van der Waals surface area contributed by atoms with Crippen LogP contribution in [0.4, 0.5) is 22.7 Å². The Morgan fingerprint density at radius 1 is 0.300 bits per heavy atom. The third-order valence-corrected chi connectivity index (χ3v) is 12.3. The van der Waals surface area contributed by atoms with Gasteiger partial charge < -0.3 is 31.5 Å². The number of fused-ring (bicyclic) bond motifs is 3. The first-order valence-corrected chi connectivity index (χ1v) is 23.4. The molecule has 9 rings (SSSR count). The van der Waals surface area contributed by atoms with Crippen LogP contribution >= 0.6 is 0 Å². The summed E-state index contributed by atoms with van der Waals surface area (Å²) in [7, 11) is 0. The maximum absolute atomic E-state index is 11.8. The van der Waals surface area contributed by atoms with Gasteiger partial charge in [0.1, 0.15) is 0 Å². The quantitative estimate of drug-likeness (QED) is 0.0894. The van der Waals surface area contributed by atoms with Crippen LogP contribution in [-0.2, 0) is 33.6 Å². The zero-order valence-corrected chi connectivity index (χ0v) is 43.1. The number of aromatic nitrogens is 2. The van der Waals surface area contributed by atoms with Gasteiger partial charge in [-0.1, -0.05) is 133 Å². The van der Waals surface area contributed by atoms with E-state index in [9.17, 15) is 10.2 Å². The molecule has 0 bridgehead atoms. The summed E-state index contributed by atoms with van der Waals surface area (Å²) in [6.07, 6.45) is 0. The van der Waals surface area contributed by atoms with Crippen molar-refractivity contribution in [1.29, 1.82) is 0 Å². The normalized spacial score (nSPS) is 12.2. The molecule has 4 N–H and O–H groups in total. The van der Waals surface area contributed by atoms with Crippen molar-refractivity contribution in [3.8, 4) is 11.5 Å². The second kappa shape index (κ2) is 25.7. The molecule has 0 amide bonds. The average molecular weight is 1020 g/mol. The van der Waals surface area contributed by atoms with E-state index in [1.165, 1.54) is 22.3 Å². The standard InChI is InChI=1S/2C23H27N3.C14H10O2.2Co/c2*1-16-10-5-7-12-20(16)24-18(3)22-14-9-15-23(26-22)19(4)25-21-13-8-6-11-17(21)2;15-13-11-7-3-1-5-9(11)10-6-2-4-8-12(10)14(13)16;;/h2*5-15,18-19,24-25H,1-4H3;1-8,15-16H;;/q;;;2*+1/p-2. The van der Waals surface area contributed by atoms with Gasteiger partial charge in [-0.05, 0) is 148 Å². The van der Waals surface area contributed by atoms with Gasteiger partial charge in [-0.25, -0.2) is 0 Å². The van der Waals surface area contributed by atoms with Crippen molar-refractivity contribution in [2.75, 3.05) is 21.3 Å². The van der Waals surface area contributed by atoms with Crippen LogP contribution in [0, 0.1) is 27.7 Å². The molecule has 9 aromatic rings. The zero-order chi connectivity index (χ0) is 48.2. The molecule has 362 valence electrons. The first-order valence-electron chi connectivity index (χ1n) is 23.4. The number of hydrogen-bond acceptors (Lipinski definition) is 8. The SMILES string of the molecule is Cc1ccccc1NC(C)c1cccc(C(C)Nc2ccccc2C)n1.Cc1ccccc1NC(C)c1cccc(C(C)Nc2ccccc2C)n1.[Co+].[Co+].[O-]c1c([O-])c2ccccc2c2ccccc12. The van der Waals surface area contributed by atoms with Gasteiger partial charge in [-0.15, -0.1) is 11.5 Å². The molecule has 2 aromatic heterocycles. The number of benzene rings is 7. The molecular formula is C60H62Co2N6O2. The van der Waals surface area contributed by atoms with Crippen LogP contribution in [0.15, 0.2) is 182 Å². The largest absolute Gasteiger partial charge is 1.00 e. The van der Waals surface area contributed by atoms with Crippen molar-refractivity contribution in [3.05, 3.63) is 227 Å². The Morgan fingerprint density at radius 2 is 0.514 bits per heavy atom. The summed E-state index contributed by atoms with van der Waals surface area (Å²) in [4.78, 5) is 9.80. The fraction of sp³-hybridized carbons (Fsp3) is 0.200. The molecule has 7 aromatic carbocycles. The topological polar surface area (TPSA) is 120 Å². The van der Waals surface area contributed by atoms with Gasteiger partial charge in [-0.2, -0.15) is 0 Å². The van der Waals surface area contributed by atoms with E-state index in [0.717, 1.165) is 56.3 Å². The van der Waals surface area contributed by atoms with E-state index in [4.69, 9.17) is 9.97 Å². The number of para-hydroxylation sites is 4. The van der Waals surface area contributed by atoms with Gasteiger partial charge in [0.05, 0.1) is 46.9 Å². The van der Waals surface area contributed by atoms with Gasteiger partial charge in [0.2, 0.25) is 0 Å². The van der Waals surface area contributed by atoms with E-state index in [1.54, 1.807) is 24.3 Å². The molecule has 0 saturated carbocycles. The number of aryl methyl sites for hydroxylation is 4. The molecule has 2 heterocycles. The zero-order valence-electron chi connectivity index (χ0n) is 41.0. The second-order valence-electron chi connectivity index (χ2n) is 17.4. The minimum Gasteiger partial charge on any atom is -0.872 e. The van der Waals surface area contributed by atoms with Crippen molar-refractivity contribution in [1.82, 2.24) is 9.97 Å². The Bertz CT molecular complexity index is 2760. The summed E-state index contributed by atoms with van der Waals surface area (Å²) in [6.45, 7) is 17.1. The van der Waals surface area contributed by atoms with E-state index in [0.29, 0.717) is 10.8 Å². The maximum atomic E-state index is 11.8. The van der Waals surface area contributed by atoms with Gasteiger partial charge in [0.15, 0.2) is 0 Å². The molecule has 70 heavy (non-hydrogen) atoms. The Morgan fingerprint density at radius 3 is 0.757 bits per heavy atom. The number of anilines is 4. The van der Waals surface area contributed by atoms with E-state index in [2.05, 4.69) is 210 Å². The summed E-state index contributed by atoms with van der Waals surface area (Å²) >= 11 is 0. The van der Waals surface area contributed by atoms with Crippen LogP contribution in [-0.4, -0.2) is 9.97 Å². The van der Waals surface area contributed by atoms with E-state index in [1.807, 2.05) is 24.3 Å². The Balaban J connectivity index is 0.000000198. The molecule has 0 saturated heterocycles. The van der Waals surface area contributed by atoms with Crippen molar-refractivity contribution in [2.24, 2.45) is 0 Å². The number of nitrogens with zero attached hydrogens (tertiary/aromatic N) is 2. The summed E-state index contributed by atoms with van der Waals surface area (Å²) in [5.41, 5.74) is 13.8. The number of pyridine rings is 2. The Kier molecular flexibility index (Phi) is 19.9. The summed E-state index contributed by atoms with van der Waals surface area (Å²) in [6, 6.07) is 60.9. The third kappa shape index (κ3) is 13.7. The fourth-order valence-corrected chi connectivity index (χ4v) is 8.15. The van der Waals surface area contributed by atoms with Gasteiger partial charge in [0, 0.05) is 22.7 Å². The van der Waals surface area contributed by atoms with Crippen LogP contribution in [0.2, 0.25) is 0 Å². The van der Waals surface area contributed by atoms with E-state index < -0.39 is 11.5 Å². The van der Waals surface area contributed by atoms with Gasteiger partial charge >= 0.3 is 33.6 Å². The van der Waals surface area contributed by atoms with Crippen molar-refractivity contribution in [2.45, 2.75) is 79.6 Å². The van der Waals surface area contributed by atoms with Crippen LogP contribution < -0.4 is 31.5 Å². The summed E-state index contributed by atoms with van der Waals surface area (Å²) in [5, 5.41) is 40.6. The molecule has 0 fully saturated rings. The van der Waals surface area contributed by atoms with Crippen molar-refractivity contribution >= 4 is 44.3 Å². The maximum Gasteiger partial charge on any atom is 1.00 e. The molecule has 10 heteroatoms. The molecule has 4 unspecified atom stereocenters. The van der Waals surface area contributed by atoms with E-state index >= 15 is 0 Å². The fourth-order valence-electron chi connectivity index (χ4n) is 8.15. The Hall–Kier alpha value is -6.83. The molecular weight excluding hydrogens is 955 g/mol. The van der Waals surface area contributed by atoms with Crippen LogP contribution in [0.25, 0.3) is 21.5 Å². The van der Waals surface area contributed by atoms with Crippen LogP contribution in [0.1, 0.15) is 96.9 Å². The molecule has 0 radical (unpaired) electrons. The third-order valence-electron chi connectivity index (χ3n) is 12.3. The molecule has 0 aliphatic carbocycles. The van der Waals surface area contributed by atoms with Crippen molar-refractivity contribution in [3.63, 3.8) is 0 Å².